The summed E-state index contributed by atoms with van der Waals surface area (Å²) in [5, 5.41) is 5.35. The number of hydrogen-bond acceptors (Lipinski definition) is 4. The zero-order chi connectivity index (χ0) is 21.7. The lowest BCUT2D eigenvalue weighted by Gasteiger charge is -2.32. The van der Waals surface area contributed by atoms with Crippen molar-refractivity contribution in [1.29, 1.82) is 0 Å². The van der Waals surface area contributed by atoms with Crippen LogP contribution < -0.4 is 10.6 Å². The fraction of sp³-hybridized carbons (Fsp3) is 0.409. The summed E-state index contributed by atoms with van der Waals surface area (Å²) in [4.78, 5) is 32.3. The van der Waals surface area contributed by atoms with Gasteiger partial charge in [0.1, 0.15) is 5.82 Å². The number of aryl methyl sites for hydroxylation is 1. The Morgan fingerprint density at radius 3 is 2.47 bits per heavy atom. The first-order chi connectivity index (χ1) is 14.3. The largest absolute Gasteiger partial charge is 0.349 e. The minimum absolute atomic E-state index is 0.0564. The van der Waals surface area contributed by atoms with Crippen molar-refractivity contribution in [1.82, 2.24) is 14.8 Å². The molecule has 1 aromatic carbocycles. The maximum atomic E-state index is 14.1. The maximum Gasteiger partial charge on any atom is 0.323 e. The number of carbonyl (C=O) groups excluding carboxylic acids is 2. The number of rotatable bonds is 5. The van der Waals surface area contributed by atoms with E-state index >= 15 is 0 Å². The van der Waals surface area contributed by atoms with Crippen LogP contribution in [0.4, 0.5) is 20.6 Å². The predicted molar refractivity (Wildman–Crippen MR) is 115 cm³/mol. The molecule has 30 heavy (non-hydrogen) atoms. The smallest absolute Gasteiger partial charge is 0.323 e. The van der Waals surface area contributed by atoms with E-state index in [2.05, 4.69) is 20.5 Å². The molecule has 1 fully saturated rings. The van der Waals surface area contributed by atoms with E-state index in [1.807, 2.05) is 6.92 Å². The fourth-order valence-corrected chi connectivity index (χ4v) is 3.61. The second-order valence-electron chi connectivity index (χ2n) is 7.90. The Balaban J connectivity index is 1.57. The number of benzene rings is 1. The van der Waals surface area contributed by atoms with Crippen LogP contribution in [-0.2, 0) is 11.3 Å². The number of urea groups is 1. The van der Waals surface area contributed by atoms with Crippen LogP contribution in [0.25, 0.3) is 0 Å². The number of pyridine rings is 1. The van der Waals surface area contributed by atoms with E-state index < -0.39 is 11.8 Å². The predicted octanol–water partition coefficient (Wildman–Crippen LogP) is 3.47. The third-order valence-corrected chi connectivity index (χ3v) is 5.17. The first-order valence-corrected chi connectivity index (χ1v) is 10.0. The van der Waals surface area contributed by atoms with Crippen molar-refractivity contribution >= 4 is 23.3 Å². The first-order valence-electron chi connectivity index (χ1n) is 10.0. The van der Waals surface area contributed by atoms with Crippen LogP contribution in [0.2, 0.25) is 0 Å². The summed E-state index contributed by atoms with van der Waals surface area (Å²) in [5.41, 5.74) is 2.58. The van der Waals surface area contributed by atoms with Gasteiger partial charge in [0.2, 0.25) is 5.91 Å². The molecule has 1 aromatic heterocycles. The fourth-order valence-electron chi connectivity index (χ4n) is 3.61. The first kappa shape index (κ1) is 21.7. The standard InChI is InChI=1S/C22H28FN5O2/c1-15-4-5-19(13-24-15)25-22(30)26-20-11-16(10-18(23)12-20)14-28-8-6-17(7-9-28)21(29)27(2)3/h4-5,10-13,17H,6-9,14H2,1-3H3,(H2,25,26,30). The zero-order valence-electron chi connectivity index (χ0n) is 17.6. The molecule has 160 valence electrons. The van der Waals surface area contributed by atoms with Gasteiger partial charge in [0.25, 0.3) is 0 Å². The van der Waals surface area contributed by atoms with Gasteiger partial charge in [-0.2, -0.15) is 0 Å². The molecule has 1 aliphatic rings. The number of amides is 3. The number of carbonyl (C=O) groups is 2. The highest BCUT2D eigenvalue weighted by Crippen LogP contribution is 2.22. The second-order valence-corrected chi connectivity index (χ2v) is 7.90. The van der Waals surface area contributed by atoms with Crippen molar-refractivity contribution in [2.45, 2.75) is 26.3 Å². The van der Waals surface area contributed by atoms with Gasteiger partial charge in [-0.3, -0.25) is 14.7 Å². The van der Waals surface area contributed by atoms with Crippen molar-refractivity contribution < 1.29 is 14.0 Å². The lowest BCUT2D eigenvalue weighted by atomic mass is 9.95. The molecule has 0 radical (unpaired) electrons. The van der Waals surface area contributed by atoms with Gasteiger partial charge in [-0.15, -0.1) is 0 Å². The van der Waals surface area contributed by atoms with Crippen LogP contribution in [0.15, 0.2) is 36.5 Å². The van der Waals surface area contributed by atoms with Gasteiger partial charge in [-0.05, 0) is 68.8 Å². The number of anilines is 2. The molecule has 2 heterocycles. The molecule has 0 bridgehead atoms. The molecule has 1 saturated heterocycles. The summed E-state index contributed by atoms with van der Waals surface area (Å²) in [6, 6.07) is 7.63. The monoisotopic (exact) mass is 413 g/mol. The van der Waals surface area contributed by atoms with Crippen LogP contribution in [-0.4, -0.2) is 53.9 Å². The molecular formula is C22H28FN5O2. The summed E-state index contributed by atoms with van der Waals surface area (Å²) < 4.78 is 14.1. The Kier molecular flexibility index (Phi) is 6.99. The molecule has 3 amide bonds. The Labute approximate surface area is 176 Å². The lowest BCUT2D eigenvalue weighted by molar-refractivity contribution is -0.134. The summed E-state index contributed by atoms with van der Waals surface area (Å²) in [6.45, 7) is 3.99. The Hall–Kier alpha value is -3.00. The SMILES string of the molecule is Cc1ccc(NC(=O)Nc2cc(F)cc(CN3CCC(C(=O)N(C)C)CC3)c2)cn1. The molecule has 0 atom stereocenters. The average Bonchev–Trinajstić information content (AvgIpc) is 2.69. The molecule has 7 nitrogen and oxygen atoms in total. The van der Waals surface area contributed by atoms with E-state index in [9.17, 15) is 14.0 Å². The van der Waals surface area contributed by atoms with Gasteiger partial charge in [0.15, 0.2) is 0 Å². The topological polar surface area (TPSA) is 77.6 Å². The van der Waals surface area contributed by atoms with E-state index in [1.54, 1.807) is 43.4 Å². The molecule has 2 aromatic rings. The molecule has 0 unspecified atom stereocenters. The molecule has 3 rings (SSSR count). The average molecular weight is 413 g/mol. The summed E-state index contributed by atoms with van der Waals surface area (Å²) >= 11 is 0. The van der Waals surface area contributed by atoms with Gasteiger partial charge in [0.05, 0.1) is 11.9 Å². The van der Waals surface area contributed by atoms with Gasteiger partial charge < -0.3 is 15.5 Å². The lowest BCUT2D eigenvalue weighted by Crippen LogP contribution is -2.39. The Bertz CT molecular complexity index is 893. The molecule has 0 saturated carbocycles. The quantitative estimate of drug-likeness (QED) is 0.787. The van der Waals surface area contributed by atoms with Crippen molar-refractivity contribution in [3.8, 4) is 0 Å². The van der Waals surface area contributed by atoms with E-state index in [-0.39, 0.29) is 11.8 Å². The summed E-state index contributed by atoms with van der Waals surface area (Å²) in [5.74, 6) is -0.180. The number of piperidine rings is 1. The minimum Gasteiger partial charge on any atom is -0.349 e. The molecule has 0 aliphatic carbocycles. The molecule has 0 spiro atoms. The highest BCUT2D eigenvalue weighted by Gasteiger charge is 2.26. The Morgan fingerprint density at radius 2 is 1.83 bits per heavy atom. The number of aromatic nitrogens is 1. The zero-order valence-corrected chi connectivity index (χ0v) is 17.6. The van der Waals surface area contributed by atoms with Crippen molar-refractivity contribution in [3.05, 3.63) is 53.6 Å². The van der Waals surface area contributed by atoms with Crippen LogP contribution in [0.5, 0.6) is 0 Å². The number of nitrogens with one attached hydrogen (secondary N) is 2. The maximum absolute atomic E-state index is 14.1. The molecular weight excluding hydrogens is 385 g/mol. The number of likely N-dealkylation sites (tertiary alicyclic amines) is 1. The number of nitrogens with zero attached hydrogens (tertiary/aromatic N) is 3. The van der Waals surface area contributed by atoms with Crippen molar-refractivity contribution in [2.75, 3.05) is 37.8 Å². The van der Waals surface area contributed by atoms with Crippen molar-refractivity contribution in [3.63, 3.8) is 0 Å². The van der Waals surface area contributed by atoms with E-state index in [0.717, 1.165) is 37.2 Å². The minimum atomic E-state index is -0.458. The highest BCUT2D eigenvalue weighted by molar-refractivity contribution is 5.99. The van der Waals surface area contributed by atoms with Crippen LogP contribution >= 0.6 is 0 Å². The van der Waals surface area contributed by atoms with Crippen LogP contribution in [0.3, 0.4) is 0 Å². The number of hydrogen-bond donors (Lipinski definition) is 2. The van der Waals surface area contributed by atoms with Crippen LogP contribution in [0, 0.1) is 18.7 Å². The van der Waals surface area contributed by atoms with Gasteiger partial charge in [-0.1, -0.05) is 0 Å². The van der Waals surface area contributed by atoms with E-state index in [1.165, 1.54) is 12.1 Å². The third kappa shape index (κ3) is 6.00. The molecule has 8 heteroatoms. The summed E-state index contributed by atoms with van der Waals surface area (Å²) in [6.07, 6.45) is 3.16. The van der Waals surface area contributed by atoms with Gasteiger partial charge >= 0.3 is 6.03 Å². The molecule has 1 aliphatic heterocycles. The van der Waals surface area contributed by atoms with Gasteiger partial charge in [0, 0.05) is 37.9 Å². The second kappa shape index (κ2) is 9.67. The summed E-state index contributed by atoms with van der Waals surface area (Å²) in [7, 11) is 3.56. The highest BCUT2D eigenvalue weighted by atomic mass is 19.1. The van der Waals surface area contributed by atoms with Gasteiger partial charge in [-0.25, -0.2) is 9.18 Å². The Morgan fingerprint density at radius 1 is 1.13 bits per heavy atom. The van der Waals surface area contributed by atoms with Crippen LogP contribution in [0.1, 0.15) is 24.1 Å². The molecule has 2 N–H and O–H groups in total. The van der Waals surface area contributed by atoms with Crippen molar-refractivity contribution in [2.24, 2.45) is 5.92 Å². The van der Waals surface area contributed by atoms with E-state index in [0.29, 0.717) is 17.9 Å². The normalized spacial score (nSPS) is 14.9. The third-order valence-electron chi connectivity index (χ3n) is 5.17. The van der Waals surface area contributed by atoms with E-state index in [4.69, 9.17) is 0 Å². The number of halogens is 1.